The van der Waals surface area contributed by atoms with Crippen molar-refractivity contribution in [3.63, 3.8) is 0 Å². The average Bonchev–Trinajstić information content (AvgIpc) is 3.16. The molecule has 1 fully saturated rings. The Labute approximate surface area is 113 Å². The van der Waals surface area contributed by atoms with Crippen LogP contribution in [0.2, 0.25) is 0 Å². The highest BCUT2D eigenvalue weighted by Crippen LogP contribution is 2.47. The summed E-state index contributed by atoms with van der Waals surface area (Å²) in [6.45, 7) is 5.34. The monoisotopic (exact) mass is 266 g/mol. The normalized spacial score (nSPS) is 16.7. The maximum Gasteiger partial charge on any atom is 0.135 e. The number of nitrogens with zero attached hydrogens (tertiary/aromatic N) is 2. The molecule has 1 aromatic rings. The van der Waals surface area contributed by atoms with Crippen LogP contribution in [0.15, 0.2) is 6.33 Å². The van der Waals surface area contributed by atoms with Gasteiger partial charge in [-0.15, -0.1) is 0 Å². The Hall–Kier alpha value is -0.970. The first-order valence-electron chi connectivity index (χ1n) is 6.43. The first kappa shape index (κ1) is 13.5. The minimum atomic E-state index is 0.403. The summed E-state index contributed by atoms with van der Waals surface area (Å²) in [4.78, 5) is 8.69. The summed E-state index contributed by atoms with van der Waals surface area (Å²) >= 11 is 1.96. The van der Waals surface area contributed by atoms with E-state index in [1.54, 1.807) is 6.33 Å². The second-order valence-electron chi connectivity index (χ2n) is 5.13. The van der Waals surface area contributed by atoms with E-state index >= 15 is 0 Å². The molecule has 0 spiro atoms. The summed E-state index contributed by atoms with van der Waals surface area (Å²) in [5.41, 5.74) is 1.18. The zero-order chi connectivity index (χ0) is 13.2. The number of anilines is 2. The van der Waals surface area contributed by atoms with Gasteiger partial charge in [0.2, 0.25) is 0 Å². The van der Waals surface area contributed by atoms with Crippen molar-refractivity contribution in [3.05, 3.63) is 11.9 Å². The summed E-state index contributed by atoms with van der Waals surface area (Å²) in [5.74, 6) is 2.31. The van der Waals surface area contributed by atoms with Crippen LogP contribution in [0.4, 0.5) is 11.6 Å². The number of hydrogen-bond acceptors (Lipinski definition) is 5. The molecule has 2 rings (SSSR count). The maximum atomic E-state index is 4.40. The van der Waals surface area contributed by atoms with Gasteiger partial charge in [-0.1, -0.05) is 13.8 Å². The molecule has 0 saturated heterocycles. The Morgan fingerprint density at radius 1 is 1.33 bits per heavy atom. The van der Waals surface area contributed by atoms with Crippen molar-refractivity contribution in [2.75, 3.05) is 30.5 Å². The van der Waals surface area contributed by atoms with Crippen molar-refractivity contribution in [3.8, 4) is 0 Å². The predicted octanol–water partition coefficient (Wildman–Crippen LogP) is 2.95. The van der Waals surface area contributed by atoms with Crippen LogP contribution in [0.3, 0.4) is 0 Å². The molecular weight excluding hydrogens is 244 g/mol. The third kappa shape index (κ3) is 2.71. The van der Waals surface area contributed by atoms with Gasteiger partial charge in [0.05, 0.1) is 0 Å². The lowest BCUT2D eigenvalue weighted by atomic mass is 10.0. The summed E-state index contributed by atoms with van der Waals surface area (Å²) < 4.78 is 0.443. The Kier molecular flexibility index (Phi) is 4.00. The van der Waals surface area contributed by atoms with E-state index in [2.05, 4.69) is 40.7 Å². The molecule has 18 heavy (non-hydrogen) atoms. The van der Waals surface area contributed by atoms with Gasteiger partial charge in [0.25, 0.3) is 0 Å². The first-order chi connectivity index (χ1) is 8.62. The molecule has 1 saturated carbocycles. The largest absolute Gasteiger partial charge is 0.373 e. The lowest BCUT2D eigenvalue weighted by Crippen LogP contribution is -2.20. The molecule has 1 aliphatic carbocycles. The molecule has 5 heteroatoms. The van der Waals surface area contributed by atoms with Gasteiger partial charge in [0.15, 0.2) is 0 Å². The van der Waals surface area contributed by atoms with E-state index in [1.165, 1.54) is 18.4 Å². The Balaban J connectivity index is 2.16. The number of thioether (sulfide) groups is 1. The molecule has 4 nitrogen and oxygen atoms in total. The van der Waals surface area contributed by atoms with E-state index in [0.29, 0.717) is 10.7 Å². The highest BCUT2D eigenvalue weighted by atomic mass is 32.2. The fourth-order valence-electron chi connectivity index (χ4n) is 2.12. The van der Waals surface area contributed by atoms with Crippen molar-refractivity contribution >= 4 is 23.4 Å². The van der Waals surface area contributed by atoms with E-state index in [4.69, 9.17) is 0 Å². The SMILES string of the molecule is CNc1ncnc(NCC2(SC)CC2)c1C(C)C. The van der Waals surface area contributed by atoms with Crippen LogP contribution in [0, 0.1) is 0 Å². The molecule has 0 bridgehead atoms. The Bertz CT molecular complexity index is 415. The van der Waals surface area contributed by atoms with Crippen molar-refractivity contribution in [1.29, 1.82) is 0 Å². The second kappa shape index (κ2) is 5.34. The van der Waals surface area contributed by atoms with Crippen LogP contribution in [-0.2, 0) is 0 Å². The minimum absolute atomic E-state index is 0.403. The third-order valence-corrected chi connectivity index (χ3v) is 4.94. The molecule has 100 valence electrons. The summed E-state index contributed by atoms with van der Waals surface area (Å²) in [6.07, 6.45) is 6.43. The van der Waals surface area contributed by atoms with E-state index < -0.39 is 0 Å². The first-order valence-corrected chi connectivity index (χ1v) is 7.66. The minimum Gasteiger partial charge on any atom is -0.373 e. The van der Waals surface area contributed by atoms with Gasteiger partial charge in [0, 0.05) is 23.9 Å². The van der Waals surface area contributed by atoms with E-state index in [1.807, 2.05) is 18.8 Å². The predicted molar refractivity (Wildman–Crippen MR) is 79.6 cm³/mol. The number of hydrogen-bond donors (Lipinski definition) is 2. The highest BCUT2D eigenvalue weighted by molar-refractivity contribution is 8.00. The van der Waals surface area contributed by atoms with Crippen LogP contribution in [0.25, 0.3) is 0 Å². The zero-order valence-electron chi connectivity index (χ0n) is 11.6. The molecular formula is C13H22N4S. The Morgan fingerprint density at radius 3 is 2.50 bits per heavy atom. The zero-order valence-corrected chi connectivity index (χ0v) is 12.4. The van der Waals surface area contributed by atoms with Crippen LogP contribution in [0.1, 0.15) is 38.2 Å². The summed E-state index contributed by atoms with van der Waals surface area (Å²) in [5, 5.41) is 6.66. The van der Waals surface area contributed by atoms with E-state index in [0.717, 1.165) is 18.2 Å². The molecule has 0 amide bonds. The van der Waals surface area contributed by atoms with Crippen LogP contribution in [0.5, 0.6) is 0 Å². The smallest absolute Gasteiger partial charge is 0.135 e. The molecule has 0 radical (unpaired) electrons. The lowest BCUT2D eigenvalue weighted by molar-refractivity contribution is 0.840. The van der Waals surface area contributed by atoms with Crippen molar-refractivity contribution < 1.29 is 0 Å². The van der Waals surface area contributed by atoms with Gasteiger partial charge < -0.3 is 10.6 Å². The molecule has 1 aromatic heterocycles. The van der Waals surface area contributed by atoms with Gasteiger partial charge in [-0.3, -0.25) is 0 Å². The number of nitrogens with one attached hydrogen (secondary N) is 2. The van der Waals surface area contributed by atoms with Gasteiger partial charge in [-0.2, -0.15) is 11.8 Å². The fourth-order valence-corrected chi connectivity index (χ4v) is 2.85. The second-order valence-corrected chi connectivity index (χ2v) is 6.40. The molecule has 0 atom stereocenters. The topological polar surface area (TPSA) is 49.8 Å². The highest BCUT2D eigenvalue weighted by Gasteiger charge is 2.41. The quantitative estimate of drug-likeness (QED) is 0.829. The van der Waals surface area contributed by atoms with E-state index in [-0.39, 0.29) is 0 Å². The molecule has 1 heterocycles. The van der Waals surface area contributed by atoms with Crippen LogP contribution >= 0.6 is 11.8 Å². The Morgan fingerprint density at radius 2 is 2.00 bits per heavy atom. The van der Waals surface area contributed by atoms with Crippen LogP contribution < -0.4 is 10.6 Å². The number of aromatic nitrogens is 2. The van der Waals surface area contributed by atoms with Crippen molar-refractivity contribution in [2.24, 2.45) is 0 Å². The molecule has 0 unspecified atom stereocenters. The van der Waals surface area contributed by atoms with E-state index in [9.17, 15) is 0 Å². The summed E-state index contributed by atoms with van der Waals surface area (Å²) in [6, 6.07) is 0. The van der Waals surface area contributed by atoms with Gasteiger partial charge in [-0.05, 0) is 25.0 Å². The fraction of sp³-hybridized carbons (Fsp3) is 0.692. The molecule has 2 N–H and O–H groups in total. The molecule has 0 aromatic carbocycles. The van der Waals surface area contributed by atoms with Gasteiger partial charge >= 0.3 is 0 Å². The van der Waals surface area contributed by atoms with Crippen molar-refractivity contribution in [2.45, 2.75) is 37.4 Å². The lowest BCUT2D eigenvalue weighted by Gasteiger charge is -2.19. The standard InChI is InChI=1S/C13H22N4S/c1-9(2)10-11(14-3)16-8-17-12(10)15-7-13(18-4)5-6-13/h8-9H,5-7H2,1-4H3,(H2,14,15,16,17). The number of rotatable bonds is 6. The van der Waals surface area contributed by atoms with Crippen LogP contribution in [-0.4, -0.2) is 34.6 Å². The molecule has 1 aliphatic rings. The maximum absolute atomic E-state index is 4.40. The summed E-state index contributed by atoms with van der Waals surface area (Å²) in [7, 11) is 1.91. The van der Waals surface area contributed by atoms with Gasteiger partial charge in [-0.25, -0.2) is 9.97 Å². The molecule has 0 aliphatic heterocycles. The van der Waals surface area contributed by atoms with Crippen molar-refractivity contribution in [1.82, 2.24) is 9.97 Å². The average molecular weight is 266 g/mol. The third-order valence-electron chi connectivity index (χ3n) is 3.52. The van der Waals surface area contributed by atoms with Gasteiger partial charge in [0.1, 0.15) is 18.0 Å².